The molecule has 3 aliphatic rings. The summed E-state index contributed by atoms with van der Waals surface area (Å²) in [6.45, 7) is -1.12. The number of phosphoric ester groups is 1. The van der Waals surface area contributed by atoms with Crippen molar-refractivity contribution in [3.63, 3.8) is 0 Å². The van der Waals surface area contributed by atoms with Crippen molar-refractivity contribution in [1.82, 2.24) is 10.6 Å². The molecule has 2 atom stereocenters. The highest BCUT2D eigenvalue weighted by molar-refractivity contribution is 7.46. The Hall–Kier alpha value is -3.20. The predicted molar refractivity (Wildman–Crippen MR) is 148 cm³/mol. The number of fused-ring (bicyclic) bond motifs is 3. The molecule has 2 aromatic carbocycles. The van der Waals surface area contributed by atoms with Crippen LogP contribution in [0.2, 0.25) is 10.0 Å². The number of rotatable bonds is 12. The zero-order valence-electron chi connectivity index (χ0n) is 22.6. The molecule has 2 bridgehead atoms. The number of phosphoric acid groups is 1. The maximum absolute atomic E-state index is 13.8. The van der Waals surface area contributed by atoms with E-state index in [1.807, 2.05) is 0 Å². The number of hydrogen-bond donors (Lipinski definition) is 5. The van der Waals surface area contributed by atoms with Crippen molar-refractivity contribution in [2.45, 2.75) is 49.5 Å². The van der Waals surface area contributed by atoms with Crippen molar-refractivity contribution >= 4 is 49.0 Å². The lowest BCUT2D eigenvalue weighted by atomic mass is 9.55. The standard InChI is InChI=1S/C26H27Cl2F2N2O11P/c27-17-3-1-14(9-19(17)29)40-12-21(33)31-25-5-7-26(8-6-25,16(11-25)23(42-24(35)36)43-44(37,38)39)32-22(34)13-41-15-2-4-18(28)20(30)10-15/h1-4,9-10,16,23H,5-8,11-13H2,(H,31,33)(H,32,34)(H,35,36)(H2,37,38,39)/t16-,23?,25?,26?/m1/s1. The summed E-state index contributed by atoms with van der Waals surface area (Å²) in [7, 11) is -5.31. The first kappa shape index (κ1) is 33.7. The van der Waals surface area contributed by atoms with E-state index in [1.165, 1.54) is 24.3 Å². The zero-order valence-corrected chi connectivity index (χ0v) is 25.0. The minimum atomic E-state index is -5.31. The number of carbonyl (C=O) groups excluding carboxylic acids is 2. The first-order valence-electron chi connectivity index (χ1n) is 13.0. The van der Waals surface area contributed by atoms with E-state index in [2.05, 4.69) is 10.6 Å². The van der Waals surface area contributed by atoms with Crippen LogP contribution in [0.25, 0.3) is 0 Å². The highest BCUT2D eigenvalue weighted by Crippen LogP contribution is 2.54. The Bertz CT molecular complexity index is 1470. The van der Waals surface area contributed by atoms with Crippen molar-refractivity contribution in [1.29, 1.82) is 0 Å². The van der Waals surface area contributed by atoms with Gasteiger partial charge in [0.1, 0.15) is 23.1 Å². The lowest BCUT2D eigenvalue weighted by Gasteiger charge is -2.58. The number of nitrogens with one attached hydrogen (secondary N) is 2. The number of carboxylic acid groups (broad SMARTS) is 1. The summed E-state index contributed by atoms with van der Waals surface area (Å²) in [6, 6.07) is 7.18. The molecule has 2 amide bonds. The lowest BCUT2D eigenvalue weighted by molar-refractivity contribution is -0.163. The van der Waals surface area contributed by atoms with Crippen molar-refractivity contribution < 1.29 is 61.4 Å². The highest BCUT2D eigenvalue weighted by Gasteiger charge is 2.59. The van der Waals surface area contributed by atoms with Gasteiger partial charge in [-0.3, -0.25) is 9.59 Å². The van der Waals surface area contributed by atoms with Gasteiger partial charge in [0.25, 0.3) is 11.8 Å². The summed E-state index contributed by atoms with van der Waals surface area (Å²) in [5.41, 5.74) is -2.33. The number of ether oxygens (including phenoxy) is 3. The van der Waals surface area contributed by atoms with Gasteiger partial charge in [0.15, 0.2) is 13.2 Å². The topological polar surface area (TPSA) is 190 Å². The van der Waals surface area contributed by atoms with Gasteiger partial charge < -0.3 is 39.7 Å². The second-order valence-corrected chi connectivity index (χ2v) is 12.4. The second-order valence-electron chi connectivity index (χ2n) is 10.4. The van der Waals surface area contributed by atoms with Crippen LogP contribution in [0.1, 0.15) is 32.1 Å². The molecule has 1 unspecified atom stereocenters. The highest BCUT2D eigenvalue weighted by atomic mass is 35.5. The molecule has 0 aliphatic heterocycles. The average Bonchev–Trinajstić information content (AvgIpc) is 2.93. The molecule has 18 heteroatoms. The normalized spacial score (nSPS) is 23.4. The lowest BCUT2D eigenvalue weighted by Crippen LogP contribution is -2.70. The quantitative estimate of drug-likeness (QED) is 0.123. The maximum atomic E-state index is 13.8. The van der Waals surface area contributed by atoms with Gasteiger partial charge in [0.05, 0.1) is 10.0 Å². The number of hydrogen-bond acceptors (Lipinski definition) is 8. The van der Waals surface area contributed by atoms with Gasteiger partial charge in [-0.25, -0.2) is 22.7 Å². The van der Waals surface area contributed by atoms with Crippen LogP contribution >= 0.6 is 31.0 Å². The van der Waals surface area contributed by atoms with Crippen LogP contribution in [-0.2, 0) is 23.4 Å². The Balaban J connectivity index is 1.51. The van der Waals surface area contributed by atoms with Crippen LogP contribution in [-0.4, -0.2) is 63.4 Å². The van der Waals surface area contributed by atoms with Crippen LogP contribution in [0.15, 0.2) is 36.4 Å². The Labute approximate surface area is 258 Å². The molecule has 0 radical (unpaired) electrons. The molecular weight excluding hydrogens is 656 g/mol. The largest absolute Gasteiger partial charge is 0.508 e. The smallest absolute Gasteiger partial charge is 0.484 e. The molecule has 44 heavy (non-hydrogen) atoms. The fourth-order valence-corrected chi connectivity index (χ4v) is 6.30. The van der Waals surface area contributed by atoms with E-state index in [0.29, 0.717) is 0 Å². The summed E-state index contributed by atoms with van der Waals surface area (Å²) in [5.74, 6) is -3.99. The van der Waals surface area contributed by atoms with E-state index in [-0.39, 0.29) is 53.6 Å². The first-order valence-corrected chi connectivity index (χ1v) is 15.3. The summed E-state index contributed by atoms with van der Waals surface area (Å²) >= 11 is 11.3. The monoisotopic (exact) mass is 682 g/mol. The number of benzene rings is 2. The van der Waals surface area contributed by atoms with Gasteiger partial charge in [-0.1, -0.05) is 23.2 Å². The summed E-state index contributed by atoms with van der Waals surface area (Å²) in [5, 5.41) is 14.6. The third-order valence-corrected chi connectivity index (χ3v) is 8.62. The van der Waals surface area contributed by atoms with E-state index < -0.39 is 73.9 Å². The Kier molecular flexibility index (Phi) is 10.3. The molecule has 13 nitrogen and oxygen atoms in total. The molecule has 0 heterocycles. The fraction of sp³-hybridized carbons (Fsp3) is 0.423. The molecule has 3 fully saturated rings. The van der Waals surface area contributed by atoms with Gasteiger partial charge >= 0.3 is 14.0 Å². The molecular formula is C26H27Cl2F2N2O11P. The number of halogens is 4. The summed E-state index contributed by atoms with van der Waals surface area (Å²) < 4.78 is 59.4. The fourth-order valence-electron chi connectivity index (χ4n) is 5.60. The third-order valence-electron chi connectivity index (χ3n) is 7.52. The Morgan fingerprint density at radius 2 is 1.41 bits per heavy atom. The molecule has 0 spiro atoms. The summed E-state index contributed by atoms with van der Waals surface area (Å²) in [4.78, 5) is 56.3. The van der Waals surface area contributed by atoms with Crippen LogP contribution < -0.4 is 20.1 Å². The number of carbonyl (C=O) groups is 3. The second kappa shape index (κ2) is 13.4. The molecule has 0 saturated heterocycles. The van der Waals surface area contributed by atoms with Gasteiger partial charge in [-0.2, -0.15) is 0 Å². The van der Waals surface area contributed by atoms with E-state index in [1.54, 1.807) is 0 Å². The van der Waals surface area contributed by atoms with Crippen molar-refractivity contribution in [2.24, 2.45) is 5.92 Å². The predicted octanol–water partition coefficient (Wildman–Crippen LogP) is 4.16. The van der Waals surface area contributed by atoms with Gasteiger partial charge in [0, 0.05) is 29.1 Å². The van der Waals surface area contributed by atoms with E-state index >= 15 is 0 Å². The van der Waals surface area contributed by atoms with Gasteiger partial charge in [-0.05, 0) is 56.4 Å². The third kappa shape index (κ3) is 8.49. The zero-order chi connectivity index (χ0) is 32.3. The molecule has 2 aromatic rings. The van der Waals surface area contributed by atoms with E-state index in [0.717, 1.165) is 12.1 Å². The minimum Gasteiger partial charge on any atom is -0.484 e. The van der Waals surface area contributed by atoms with Crippen LogP contribution in [0.3, 0.4) is 0 Å². The van der Waals surface area contributed by atoms with E-state index in [4.69, 9.17) is 41.9 Å². The number of amides is 2. The van der Waals surface area contributed by atoms with Crippen molar-refractivity contribution in [2.75, 3.05) is 13.2 Å². The van der Waals surface area contributed by atoms with Gasteiger partial charge in [0.2, 0.25) is 6.29 Å². The van der Waals surface area contributed by atoms with Crippen molar-refractivity contribution in [3.8, 4) is 11.5 Å². The van der Waals surface area contributed by atoms with Crippen molar-refractivity contribution in [3.05, 3.63) is 58.1 Å². The van der Waals surface area contributed by atoms with Crippen LogP contribution in [0.5, 0.6) is 11.5 Å². The molecule has 3 aliphatic carbocycles. The summed E-state index contributed by atoms with van der Waals surface area (Å²) in [6.07, 6.45) is -3.37. The van der Waals surface area contributed by atoms with Crippen LogP contribution in [0.4, 0.5) is 13.6 Å². The van der Waals surface area contributed by atoms with Gasteiger partial charge in [-0.15, -0.1) is 0 Å². The molecule has 3 saturated carbocycles. The molecule has 5 rings (SSSR count). The molecule has 0 aromatic heterocycles. The van der Waals surface area contributed by atoms with E-state index in [9.17, 15) is 42.6 Å². The average molecular weight is 683 g/mol. The SMILES string of the molecule is O=C(COc1ccc(Cl)c(F)c1)NC12CCC(NC(=O)COc3ccc(Cl)c(F)c3)(CC1)[C@@H](C(OC(=O)O)OP(=O)(O)O)C2. The maximum Gasteiger partial charge on any atom is 0.508 e. The Morgan fingerprint density at radius 1 is 0.909 bits per heavy atom. The Morgan fingerprint density at radius 3 is 1.86 bits per heavy atom. The molecule has 240 valence electrons. The molecule has 5 N–H and O–H groups in total. The first-order chi connectivity index (χ1) is 20.6. The minimum absolute atomic E-state index is 0.00518. The van der Waals surface area contributed by atoms with Crippen LogP contribution in [0, 0.1) is 17.6 Å².